The molecule has 1 aromatic carbocycles. The van der Waals surface area contributed by atoms with Crippen molar-refractivity contribution >= 4 is 32.1 Å². The third-order valence-corrected chi connectivity index (χ3v) is 3.99. The number of unbranched alkanes of at least 4 members (excludes halogenated alkanes) is 1. The number of aldehydes is 1. The van der Waals surface area contributed by atoms with Crippen molar-refractivity contribution in [2.45, 2.75) is 17.7 Å². The average molecular weight is 335 g/mol. The van der Waals surface area contributed by atoms with E-state index < -0.39 is 9.84 Å². The van der Waals surface area contributed by atoms with Crippen molar-refractivity contribution in [3.05, 3.63) is 23.8 Å². The number of benzene rings is 1. The maximum atomic E-state index is 11.3. The molecule has 1 aromatic rings. The van der Waals surface area contributed by atoms with Crippen LogP contribution in [-0.2, 0) is 9.84 Å². The average Bonchev–Trinajstić information content (AvgIpc) is 2.33. The van der Waals surface area contributed by atoms with Gasteiger partial charge in [-0.15, -0.1) is 0 Å². The summed E-state index contributed by atoms with van der Waals surface area (Å²) in [5.74, 6) is 0.423. The van der Waals surface area contributed by atoms with Crippen LogP contribution < -0.4 is 4.74 Å². The van der Waals surface area contributed by atoms with Gasteiger partial charge in [0.2, 0.25) is 0 Å². The summed E-state index contributed by atoms with van der Waals surface area (Å²) in [6, 6.07) is 4.30. The lowest BCUT2D eigenvalue weighted by Crippen LogP contribution is -2.03. The number of alkyl halides is 1. The summed E-state index contributed by atoms with van der Waals surface area (Å²) in [7, 11) is -3.30. The quantitative estimate of drug-likeness (QED) is 0.436. The first-order valence-electron chi connectivity index (χ1n) is 5.47. The highest BCUT2D eigenvalue weighted by atomic mass is 79.9. The number of carbonyl (C=O) groups is 1. The Balaban J connectivity index is 2.84. The number of carbonyl (C=O) groups excluding carboxylic acids is 1. The molecule has 0 aromatic heterocycles. The van der Waals surface area contributed by atoms with E-state index in [1.54, 1.807) is 0 Å². The lowest BCUT2D eigenvalue weighted by molar-refractivity contribution is 0.111. The van der Waals surface area contributed by atoms with Crippen molar-refractivity contribution in [2.75, 3.05) is 18.2 Å². The van der Waals surface area contributed by atoms with Crippen LogP contribution in [0.1, 0.15) is 23.2 Å². The monoisotopic (exact) mass is 334 g/mol. The predicted octanol–water partition coefficient (Wildman–Crippen LogP) is 2.46. The lowest BCUT2D eigenvalue weighted by Gasteiger charge is -2.09. The largest absolute Gasteiger partial charge is 0.493 e. The molecule has 0 saturated carbocycles. The molecule has 0 atom stereocenters. The first-order chi connectivity index (χ1) is 8.49. The van der Waals surface area contributed by atoms with Gasteiger partial charge in [0.15, 0.2) is 16.1 Å². The van der Waals surface area contributed by atoms with Crippen LogP contribution >= 0.6 is 15.9 Å². The van der Waals surface area contributed by atoms with E-state index in [1.165, 1.54) is 18.2 Å². The predicted molar refractivity (Wildman–Crippen MR) is 73.5 cm³/mol. The Labute approximate surface area is 115 Å². The molecule has 18 heavy (non-hydrogen) atoms. The smallest absolute Gasteiger partial charge is 0.175 e. The van der Waals surface area contributed by atoms with E-state index >= 15 is 0 Å². The van der Waals surface area contributed by atoms with Crippen molar-refractivity contribution in [1.82, 2.24) is 0 Å². The summed E-state index contributed by atoms with van der Waals surface area (Å²) in [5.41, 5.74) is 0.261. The van der Waals surface area contributed by atoms with E-state index in [0.29, 0.717) is 18.6 Å². The first-order valence-corrected chi connectivity index (χ1v) is 8.48. The highest BCUT2D eigenvalue weighted by Crippen LogP contribution is 2.21. The molecule has 0 bridgehead atoms. The Kier molecular flexibility index (Phi) is 5.81. The number of ether oxygens (including phenoxy) is 1. The van der Waals surface area contributed by atoms with Crippen LogP contribution in [0.25, 0.3) is 0 Å². The van der Waals surface area contributed by atoms with Crippen LogP contribution in [0, 0.1) is 0 Å². The lowest BCUT2D eigenvalue weighted by atomic mass is 10.2. The maximum absolute atomic E-state index is 11.3. The van der Waals surface area contributed by atoms with Crippen LogP contribution in [-0.4, -0.2) is 32.9 Å². The molecule has 0 spiro atoms. The van der Waals surface area contributed by atoms with Gasteiger partial charge in [0.1, 0.15) is 5.75 Å². The molecule has 0 saturated heterocycles. The van der Waals surface area contributed by atoms with Gasteiger partial charge in [-0.25, -0.2) is 8.42 Å². The second-order valence-electron chi connectivity index (χ2n) is 3.83. The number of halogens is 1. The Morgan fingerprint density at radius 3 is 2.61 bits per heavy atom. The van der Waals surface area contributed by atoms with Crippen LogP contribution in [0.5, 0.6) is 5.75 Å². The third-order valence-electron chi connectivity index (χ3n) is 2.32. The molecule has 0 aliphatic rings. The molecule has 0 unspecified atom stereocenters. The normalized spacial score (nSPS) is 11.2. The number of sulfone groups is 1. The Morgan fingerprint density at radius 2 is 2.06 bits per heavy atom. The summed E-state index contributed by atoms with van der Waals surface area (Å²) in [6.45, 7) is 0.505. The third kappa shape index (κ3) is 4.42. The molecule has 0 radical (unpaired) electrons. The van der Waals surface area contributed by atoms with Gasteiger partial charge in [0, 0.05) is 11.6 Å². The fraction of sp³-hybridized carbons (Fsp3) is 0.417. The van der Waals surface area contributed by atoms with Gasteiger partial charge >= 0.3 is 0 Å². The molecule has 0 aliphatic carbocycles. The molecule has 6 heteroatoms. The Morgan fingerprint density at radius 1 is 1.33 bits per heavy atom. The zero-order valence-electron chi connectivity index (χ0n) is 10.1. The summed E-state index contributed by atoms with van der Waals surface area (Å²) in [4.78, 5) is 11.0. The zero-order valence-corrected chi connectivity index (χ0v) is 12.5. The SMILES string of the molecule is CS(=O)(=O)c1ccc(OCCCCBr)c(C=O)c1. The molecule has 0 aliphatic heterocycles. The van der Waals surface area contributed by atoms with E-state index in [4.69, 9.17) is 4.74 Å². The van der Waals surface area contributed by atoms with Gasteiger partial charge in [0.05, 0.1) is 17.1 Å². The van der Waals surface area contributed by atoms with Gasteiger partial charge in [-0.1, -0.05) is 15.9 Å². The van der Waals surface area contributed by atoms with Crippen molar-refractivity contribution in [3.63, 3.8) is 0 Å². The topological polar surface area (TPSA) is 60.4 Å². The van der Waals surface area contributed by atoms with Gasteiger partial charge in [-0.2, -0.15) is 0 Å². The van der Waals surface area contributed by atoms with Crippen molar-refractivity contribution in [1.29, 1.82) is 0 Å². The van der Waals surface area contributed by atoms with E-state index in [-0.39, 0.29) is 10.5 Å². The van der Waals surface area contributed by atoms with Crippen LogP contribution in [0.4, 0.5) is 0 Å². The molecule has 0 N–H and O–H groups in total. The first kappa shape index (κ1) is 15.2. The number of rotatable bonds is 7. The van der Waals surface area contributed by atoms with Crippen molar-refractivity contribution in [2.24, 2.45) is 0 Å². The van der Waals surface area contributed by atoms with Gasteiger partial charge in [-0.05, 0) is 31.0 Å². The Hall–Kier alpha value is -0.880. The highest BCUT2D eigenvalue weighted by molar-refractivity contribution is 9.09. The molecule has 1 rings (SSSR count). The summed E-state index contributed by atoms with van der Waals surface area (Å²) in [5, 5.41) is 0.907. The minimum atomic E-state index is -3.30. The Bertz CT molecular complexity index is 511. The molecule has 4 nitrogen and oxygen atoms in total. The molecule has 0 amide bonds. The standard InChI is InChI=1S/C12H15BrO4S/c1-18(15,16)11-4-5-12(10(8-11)9-14)17-7-3-2-6-13/h4-5,8-9H,2-3,6-7H2,1H3. The van der Waals surface area contributed by atoms with E-state index in [2.05, 4.69) is 15.9 Å². The summed E-state index contributed by atoms with van der Waals surface area (Å²) >= 11 is 3.32. The summed E-state index contributed by atoms with van der Waals surface area (Å²) in [6.07, 6.45) is 3.57. The second-order valence-corrected chi connectivity index (χ2v) is 6.64. The zero-order chi connectivity index (χ0) is 13.6. The van der Waals surface area contributed by atoms with E-state index in [0.717, 1.165) is 24.4 Å². The van der Waals surface area contributed by atoms with Crippen LogP contribution in [0.2, 0.25) is 0 Å². The van der Waals surface area contributed by atoms with Gasteiger partial charge < -0.3 is 4.74 Å². The van der Waals surface area contributed by atoms with E-state index in [9.17, 15) is 13.2 Å². The molecular weight excluding hydrogens is 320 g/mol. The minimum absolute atomic E-state index is 0.123. The van der Waals surface area contributed by atoms with Gasteiger partial charge in [0.25, 0.3) is 0 Å². The molecular formula is C12H15BrO4S. The molecule has 0 heterocycles. The van der Waals surface area contributed by atoms with Crippen LogP contribution in [0.3, 0.4) is 0 Å². The number of hydrogen-bond donors (Lipinski definition) is 0. The van der Waals surface area contributed by atoms with Crippen molar-refractivity contribution < 1.29 is 17.9 Å². The van der Waals surface area contributed by atoms with Gasteiger partial charge in [-0.3, -0.25) is 4.79 Å². The second kappa shape index (κ2) is 6.89. The minimum Gasteiger partial charge on any atom is -0.493 e. The molecule has 100 valence electrons. The van der Waals surface area contributed by atoms with Crippen LogP contribution in [0.15, 0.2) is 23.1 Å². The van der Waals surface area contributed by atoms with Crippen molar-refractivity contribution in [3.8, 4) is 5.75 Å². The summed E-state index contributed by atoms with van der Waals surface area (Å²) < 4.78 is 28.2. The molecule has 0 fully saturated rings. The number of hydrogen-bond acceptors (Lipinski definition) is 4. The fourth-order valence-electron chi connectivity index (χ4n) is 1.36. The fourth-order valence-corrected chi connectivity index (χ4v) is 2.41. The highest BCUT2D eigenvalue weighted by Gasteiger charge is 2.11. The van der Waals surface area contributed by atoms with E-state index in [1.807, 2.05) is 0 Å². The maximum Gasteiger partial charge on any atom is 0.175 e.